The smallest absolute Gasteiger partial charge is 0.435 e. The van der Waals surface area contributed by atoms with Gasteiger partial charge < -0.3 is 14.8 Å². The van der Waals surface area contributed by atoms with Crippen molar-refractivity contribution in [1.82, 2.24) is 15.1 Å². The molecule has 2 rings (SSSR count). The minimum Gasteiger partial charge on any atom is -0.444 e. The number of Topliss-reactive ketones (excluding diaryl/α,β-unsaturated/α-hetero) is 1. The van der Waals surface area contributed by atoms with Crippen molar-refractivity contribution in [3.8, 4) is 0 Å². The van der Waals surface area contributed by atoms with Crippen molar-refractivity contribution in [2.75, 3.05) is 0 Å². The molecule has 1 aromatic carbocycles. The Morgan fingerprint density at radius 1 is 1.07 bits per heavy atom. The molecule has 0 fully saturated rings. The van der Waals surface area contributed by atoms with E-state index in [9.17, 15) is 14.4 Å². The van der Waals surface area contributed by atoms with Crippen molar-refractivity contribution >= 4 is 28.9 Å². The van der Waals surface area contributed by atoms with Crippen LogP contribution in [0.5, 0.6) is 0 Å². The van der Waals surface area contributed by atoms with Gasteiger partial charge in [-0.3, -0.25) is 4.79 Å². The third-order valence-corrected chi connectivity index (χ3v) is 3.82. The first-order valence-electron chi connectivity index (χ1n) is 9.45. The molecule has 1 N–H and O–H groups in total. The topological polar surface area (TPSA) is 99.5 Å². The van der Waals surface area contributed by atoms with Crippen molar-refractivity contribution in [3.05, 3.63) is 30.0 Å². The van der Waals surface area contributed by atoms with Crippen LogP contribution in [0.3, 0.4) is 0 Å². The number of fused-ring (bicyclic) bond motifs is 1. The number of amides is 1. The van der Waals surface area contributed by atoms with E-state index in [0.29, 0.717) is 11.9 Å². The van der Waals surface area contributed by atoms with E-state index >= 15 is 0 Å². The van der Waals surface area contributed by atoms with Crippen LogP contribution in [0.2, 0.25) is 0 Å². The molecule has 158 valence electrons. The Kier molecular flexibility index (Phi) is 6.35. The Balaban J connectivity index is 2.18. The number of hydrogen-bond donors (Lipinski definition) is 1. The van der Waals surface area contributed by atoms with Gasteiger partial charge in [0.2, 0.25) is 0 Å². The number of nitrogens with zero attached hydrogens (tertiary/aromatic N) is 2. The quantitative estimate of drug-likeness (QED) is 0.832. The normalized spacial score (nSPS) is 13.1. The molecule has 8 heteroatoms. The average molecular weight is 403 g/mol. The van der Waals surface area contributed by atoms with E-state index < -0.39 is 29.4 Å². The number of benzene rings is 1. The lowest BCUT2D eigenvalue weighted by atomic mass is 10.0. The molecule has 1 aromatic heterocycles. The van der Waals surface area contributed by atoms with Crippen molar-refractivity contribution in [1.29, 1.82) is 0 Å². The summed E-state index contributed by atoms with van der Waals surface area (Å²) in [5.74, 6) is -0.180. The van der Waals surface area contributed by atoms with Gasteiger partial charge in [0.1, 0.15) is 11.2 Å². The first kappa shape index (κ1) is 22.4. The van der Waals surface area contributed by atoms with Crippen LogP contribution in [0.1, 0.15) is 54.0 Å². The molecule has 1 heterocycles. The molecular formula is C21H29N3O5. The highest BCUT2D eigenvalue weighted by molar-refractivity contribution is 5.89. The summed E-state index contributed by atoms with van der Waals surface area (Å²) in [5, 5.41) is 7.45. The minimum atomic E-state index is -0.719. The fourth-order valence-electron chi connectivity index (χ4n) is 2.64. The van der Waals surface area contributed by atoms with Gasteiger partial charge in [-0.2, -0.15) is 9.78 Å². The van der Waals surface area contributed by atoms with Crippen LogP contribution in [0.4, 0.5) is 9.59 Å². The molecule has 8 nitrogen and oxygen atoms in total. The van der Waals surface area contributed by atoms with Crippen LogP contribution in [0, 0.1) is 0 Å². The molecule has 0 aliphatic carbocycles. The lowest BCUT2D eigenvalue weighted by molar-refractivity contribution is -0.119. The van der Waals surface area contributed by atoms with E-state index in [1.165, 1.54) is 11.6 Å². The molecule has 29 heavy (non-hydrogen) atoms. The van der Waals surface area contributed by atoms with E-state index in [-0.39, 0.29) is 5.78 Å². The van der Waals surface area contributed by atoms with Gasteiger partial charge in [0.05, 0.1) is 17.8 Å². The highest BCUT2D eigenvalue weighted by Gasteiger charge is 2.23. The maximum absolute atomic E-state index is 12.3. The van der Waals surface area contributed by atoms with Crippen LogP contribution in [0.15, 0.2) is 24.4 Å². The van der Waals surface area contributed by atoms with Crippen LogP contribution >= 0.6 is 0 Å². The number of carbonyl (C=O) groups excluding carboxylic acids is 3. The van der Waals surface area contributed by atoms with E-state index in [2.05, 4.69) is 10.4 Å². The number of alkyl carbamates (subject to hydrolysis) is 1. The van der Waals surface area contributed by atoms with E-state index in [1.807, 2.05) is 6.07 Å². The Labute approximate surface area is 170 Å². The number of carbonyl (C=O) groups is 3. The van der Waals surface area contributed by atoms with Crippen LogP contribution in [-0.4, -0.2) is 45.0 Å². The molecule has 0 aliphatic heterocycles. The van der Waals surface area contributed by atoms with Gasteiger partial charge in [-0.05, 0) is 72.6 Å². The maximum Gasteiger partial charge on any atom is 0.435 e. The molecule has 0 bridgehead atoms. The summed E-state index contributed by atoms with van der Waals surface area (Å²) in [6.45, 7) is 12.0. The minimum absolute atomic E-state index is 0.180. The van der Waals surface area contributed by atoms with E-state index in [0.717, 1.165) is 10.9 Å². The summed E-state index contributed by atoms with van der Waals surface area (Å²) in [5.41, 5.74) is 0.137. The van der Waals surface area contributed by atoms with Gasteiger partial charge in [-0.15, -0.1) is 0 Å². The average Bonchev–Trinajstić information content (AvgIpc) is 2.94. The van der Waals surface area contributed by atoms with Crippen molar-refractivity contribution in [2.24, 2.45) is 0 Å². The van der Waals surface area contributed by atoms with Crippen molar-refractivity contribution in [3.63, 3.8) is 0 Å². The Morgan fingerprint density at radius 3 is 2.24 bits per heavy atom. The fourth-order valence-corrected chi connectivity index (χ4v) is 2.64. The first-order valence-corrected chi connectivity index (χ1v) is 9.45. The summed E-state index contributed by atoms with van der Waals surface area (Å²) in [6.07, 6.45) is 0.652. The lowest BCUT2D eigenvalue weighted by Crippen LogP contribution is -2.43. The molecule has 0 unspecified atom stereocenters. The monoisotopic (exact) mass is 403 g/mol. The van der Waals surface area contributed by atoms with Gasteiger partial charge in [0, 0.05) is 5.39 Å². The standard InChI is InChI=1S/C21H29N3O5/c1-13(25)16(23-18(26)28-20(2,3)4)11-14-8-9-17-15(10-14)12-22-24(17)19(27)29-21(5,6)7/h8-10,12,16H,11H2,1-7H3,(H,23,26)/t16-/m0/s1. The zero-order chi connectivity index (χ0) is 22.0. The third-order valence-electron chi connectivity index (χ3n) is 3.82. The molecule has 0 saturated heterocycles. The van der Waals surface area contributed by atoms with Crippen molar-refractivity contribution in [2.45, 2.75) is 72.1 Å². The predicted molar refractivity (Wildman–Crippen MR) is 109 cm³/mol. The fraction of sp³-hybridized carbons (Fsp3) is 0.524. The number of aromatic nitrogens is 2. The van der Waals surface area contributed by atoms with Gasteiger partial charge in [0.25, 0.3) is 0 Å². The van der Waals surface area contributed by atoms with Crippen LogP contribution < -0.4 is 5.32 Å². The molecule has 2 aromatic rings. The van der Waals surface area contributed by atoms with Crippen LogP contribution in [0.25, 0.3) is 10.9 Å². The maximum atomic E-state index is 12.3. The second-order valence-corrected chi connectivity index (χ2v) is 8.94. The molecule has 1 amide bonds. The highest BCUT2D eigenvalue weighted by Crippen LogP contribution is 2.19. The zero-order valence-electron chi connectivity index (χ0n) is 18.0. The largest absolute Gasteiger partial charge is 0.444 e. The number of rotatable bonds is 4. The van der Waals surface area contributed by atoms with Crippen molar-refractivity contribution < 1.29 is 23.9 Å². The molecule has 0 radical (unpaired) electrons. The predicted octanol–water partition coefficient (Wildman–Crippen LogP) is 3.84. The lowest BCUT2D eigenvalue weighted by Gasteiger charge is -2.22. The molecule has 0 saturated carbocycles. The summed E-state index contributed by atoms with van der Waals surface area (Å²) >= 11 is 0. The molecular weight excluding hydrogens is 374 g/mol. The van der Waals surface area contributed by atoms with Gasteiger partial charge >= 0.3 is 12.2 Å². The Bertz CT molecular complexity index is 919. The summed E-state index contributed by atoms with van der Waals surface area (Å²) in [4.78, 5) is 36.3. The Hall–Kier alpha value is -2.90. The second kappa shape index (κ2) is 8.23. The highest BCUT2D eigenvalue weighted by atomic mass is 16.6. The summed E-state index contributed by atoms with van der Waals surface area (Å²) < 4.78 is 11.8. The number of ether oxygens (including phenoxy) is 2. The van der Waals surface area contributed by atoms with Gasteiger partial charge in [-0.25, -0.2) is 9.59 Å². The van der Waals surface area contributed by atoms with E-state index in [1.54, 1.807) is 59.9 Å². The molecule has 0 spiro atoms. The molecule has 0 aliphatic rings. The number of hydrogen-bond acceptors (Lipinski definition) is 6. The van der Waals surface area contributed by atoms with Crippen LogP contribution in [-0.2, 0) is 20.7 Å². The Morgan fingerprint density at radius 2 is 1.69 bits per heavy atom. The summed E-state index contributed by atoms with van der Waals surface area (Å²) in [6, 6.07) is 4.64. The number of nitrogens with one attached hydrogen (secondary N) is 1. The number of ketones is 1. The summed E-state index contributed by atoms with van der Waals surface area (Å²) in [7, 11) is 0. The zero-order valence-corrected chi connectivity index (χ0v) is 18.0. The second-order valence-electron chi connectivity index (χ2n) is 8.94. The first-order chi connectivity index (χ1) is 13.2. The SMILES string of the molecule is CC(=O)[C@H](Cc1ccc2c(cnn2C(=O)OC(C)(C)C)c1)NC(=O)OC(C)(C)C. The third kappa shape index (κ3) is 6.58. The van der Waals surface area contributed by atoms with Gasteiger partial charge in [-0.1, -0.05) is 6.07 Å². The van der Waals surface area contributed by atoms with E-state index in [4.69, 9.17) is 9.47 Å². The molecule has 1 atom stereocenters. The van der Waals surface area contributed by atoms with Gasteiger partial charge in [0.15, 0.2) is 5.78 Å².